The minimum absolute atomic E-state index is 0.162. The first-order valence-corrected chi connectivity index (χ1v) is 8.19. The molecule has 0 aliphatic rings. The monoisotopic (exact) mass is 341 g/mol. The zero-order chi connectivity index (χ0) is 16.8. The zero-order valence-corrected chi connectivity index (χ0v) is 13.5. The number of nitrogens with zero attached hydrogens (tertiary/aromatic N) is 1. The van der Waals surface area contributed by atoms with E-state index in [-0.39, 0.29) is 11.7 Å². The highest BCUT2D eigenvalue weighted by Gasteiger charge is 2.23. The lowest BCUT2D eigenvalue weighted by Gasteiger charge is -2.17. The Morgan fingerprint density at radius 1 is 1.17 bits per heavy atom. The maximum Gasteiger partial charge on any atom is 0.287 e. The second kappa shape index (κ2) is 7.56. The van der Waals surface area contributed by atoms with Crippen molar-refractivity contribution in [2.45, 2.75) is 12.5 Å². The molecule has 0 saturated heterocycles. The van der Waals surface area contributed by atoms with Gasteiger partial charge in [0.25, 0.3) is 5.91 Å². The van der Waals surface area contributed by atoms with E-state index in [9.17, 15) is 9.59 Å². The molecule has 122 valence electrons. The third-order valence-corrected chi connectivity index (χ3v) is 4.00. The maximum absolute atomic E-state index is 12.5. The van der Waals surface area contributed by atoms with Gasteiger partial charge in [-0.1, -0.05) is 30.3 Å². The highest BCUT2D eigenvalue weighted by atomic mass is 32.1. The molecule has 0 spiro atoms. The van der Waals surface area contributed by atoms with Crippen molar-refractivity contribution >= 4 is 28.3 Å². The standard InChI is InChI=1S/C17H15N3O3S/c21-15(20-17-18-8-10-24-17)13(11-12-5-2-1-3-6-12)19-16(22)14-7-4-9-23-14/h1-10,13H,11H2,(H,19,22)(H,18,20,21)/t13-/m0/s1. The van der Waals surface area contributed by atoms with Crippen LogP contribution in [0, 0.1) is 0 Å². The topological polar surface area (TPSA) is 84.2 Å². The van der Waals surface area contributed by atoms with E-state index >= 15 is 0 Å². The Balaban J connectivity index is 1.74. The van der Waals surface area contributed by atoms with Gasteiger partial charge in [-0.3, -0.25) is 9.59 Å². The van der Waals surface area contributed by atoms with Crippen molar-refractivity contribution in [2.75, 3.05) is 5.32 Å². The van der Waals surface area contributed by atoms with Gasteiger partial charge >= 0.3 is 0 Å². The van der Waals surface area contributed by atoms with Crippen LogP contribution in [-0.4, -0.2) is 22.8 Å². The summed E-state index contributed by atoms with van der Waals surface area (Å²) in [6.45, 7) is 0. The van der Waals surface area contributed by atoms with Crippen molar-refractivity contribution in [1.82, 2.24) is 10.3 Å². The third-order valence-electron chi connectivity index (χ3n) is 3.31. The van der Waals surface area contributed by atoms with Gasteiger partial charge in [0.2, 0.25) is 5.91 Å². The van der Waals surface area contributed by atoms with Crippen molar-refractivity contribution in [3.05, 3.63) is 71.6 Å². The number of carbonyl (C=O) groups excluding carboxylic acids is 2. The molecule has 0 bridgehead atoms. The lowest BCUT2D eigenvalue weighted by Crippen LogP contribution is -2.45. The highest BCUT2D eigenvalue weighted by Crippen LogP contribution is 2.12. The third kappa shape index (κ3) is 4.08. The smallest absolute Gasteiger partial charge is 0.287 e. The number of furan rings is 1. The molecule has 2 heterocycles. The molecule has 0 aliphatic heterocycles. The van der Waals surface area contributed by atoms with Gasteiger partial charge < -0.3 is 15.1 Å². The molecule has 0 unspecified atom stereocenters. The Morgan fingerprint density at radius 3 is 2.67 bits per heavy atom. The van der Waals surface area contributed by atoms with E-state index in [0.29, 0.717) is 11.6 Å². The van der Waals surface area contributed by atoms with Crippen LogP contribution in [0.15, 0.2) is 64.7 Å². The molecule has 24 heavy (non-hydrogen) atoms. The van der Waals surface area contributed by atoms with Gasteiger partial charge in [0.15, 0.2) is 10.9 Å². The van der Waals surface area contributed by atoms with Crippen LogP contribution in [0.3, 0.4) is 0 Å². The number of nitrogens with one attached hydrogen (secondary N) is 2. The Labute approximate surface area is 142 Å². The molecule has 1 aromatic carbocycles. The van der Waals surface area contributed by atoms with Crippen molar-refractivity contribution in [1.29, 1.82) is 0 Å². The van der Waals surface area contributed by atoms with Gasteiger partial charge in [-0.2, -0.15) is 0 Å². The summed E-state index contributed by atoms with van der Waals surface area (Å²) in [5, 5.41) is 7.69. The van der Waals surface area contributed by atoms with E-state index in [4.69, 9.17) is 4.42 Å². The van der Waals surface area contributed by atoms with Crippen LogP contribution >= 0.6 is 11.3 Å². The number of hydrogen-bond acceptors (Lipinski definition) is 5. The molecule has 0 saturated carbocycles. The molecule has 0 aliphatic carbocycles. The SMILES string of the molecule is O=C(N[C@@H](Cc1ccccc1)C(=O)Nc1nccs1)c1ccco1. The molecular weight excluding hydrogens is 326 g/mol. The van der Waals surface area contributed by atoms with Crippen LogP contribution in [-0.2, 0) is 11.2 Å². The largest absolute Gasteiger partial charge is 0.459 e. The molecule has 2 N–H and O–H groups in total. The summed E-state index contributed by atoms with van der Waals surface area (Å²) < 4.78 is 5.08. The van der Waals surface area contributed by atoms with Crippen LogP contribution in [0.1, 0.15) is 16.1 Å². The lowest BCUT2D eigenvalue weighted by molar-refractivity contribution is -0.118. The molecule has 6 nitrogen and oxygen atoms in total. The second-order valence-electron chi connectivity index (χ2n) is 5.02. The van der Waals surface area contributed by atoms with Gasteiger partial charge in [0, 0.05) is 18.0 Å². The summed E-state index contributed by atoms with van der Waals surface area (Å²) in [5.41, 5.74) is 0.941. The first-order chi connectivity index (χ1) is 11.7. The van der Waals surface area contributed by atoms with E-state index in [1.807, 2.05) is 30.3 Å². The molecule has 3 rings (SSSR count). The molecule has 3 aromatic rings. The van der Waals surface area contributed by atoms with Crippen molar-refractivity contribution in [2.24, 2.45) is 0 Å². The summed E-state index contributed by atoms with van der Waals surface area (Å²) in [6.07, 6.45) is 3.38. The minimum atomic E-state index is -0.742. The van der Waals surface area contributed by atoms with Crippen molar-refractivity contribution < 1.29 is 14.0 Å². The predicted octanol–water partition coefficient (Wildman–Crippen LogP) is 2.72. The first-order valence-electron chi connectivity index (χ1n) is 7.31. The van der Waals surface area contributed by atoms with Crippen LogP contribution in [0.25, 0.3) is 0 Å². The Bertz CT molecular complexity index is 786. The van der Waals surface area contributed by atoms with Gasteiger partial charge in [-0.15, -0.1) is 11.3 Å². The van der Waals surface area contributed by atoms with E-state index in [0.717, 1.165) is 5.56 Å². The molecule has 2 aromatic heterocycles. The average molecular weight is 341 g/mol. The van der Waals surface area contributed by atoms with Gasteiger partial charge in [-0.05, 0) is 17.7 Å². The van der Waals surface area contributed by atoms with Crippen LogP contribution in [0.5, 0.6) is 0 Å². The summed E-state index contributed by atoms with van der Waals surface area (Å²) in [7, 11) is 0. The van der Waals surface area contributed by atoms with Gasteiger partial charge in [0.1, 0.15) is 6.04 Å². The van der Waals surface area contributed by atoms with E-state index in [2.05, 4.69) is 15.6 Å². The second-order valence-corrected chi connectivity index (χ2v) is 5.91. The lowest BCUT2D eigenvalue weighted by atomic mass is 10.1. The summed E-state index contributed by atoms with van der Waals surface area (Å²) in [6, 6.07) is 11.9. The normalized spacial score (nSPS) is 11.7. The number of rotatable bonds is 6. The van der Waals surface area contributed by atoms with E-state index < -0.39 is 11.9 Å². The number of amides is 2. The quantitative estimate of drug-likeness (QED) is 0.722. The molecule has 1 atom stereocenters. The fraction of sp³-hybridized carbons (Fsp3) is 0.118. The molecular formula is C17H15N3O3S. The van der Waals surface area contributed by atoms with E-state index in [1.165, 1.54) is 17.6 Å². The number of anilines is 1. The Hall–Kier alpha value is -2.93. The number of benzene rings is 1. The predicted molar refractivity (Wildman–Crippen MR) is 90.9 cm³/mol. The summed E-state index contributed by atoms with van der Waals surface area (Å²) in [5.74, 6) is -0.598. The summed E-state index contributed by atoms with van der Waals surface area (Å²) >= 11 is 1.32. The van der Waals surface area contributed by atoms with Crippen molar-refractivity contribution in [3.8, 4) is 0 Å². The molecule has 7 heteroatoms. The summed E-state index contributed by atoms with van der Waals surface area (Å²) in [4.78, 5) is 28.8. The molecule has 0 fully saturated rings. The molecule has 0 radical (unpaired) electrons. The number of hydrogen-bond donors (Lipinski definition) is 2. The molecule has 2 amide bonds. The zero-order valence-electron chi connectivity index (χ0n) is 12.6. The fourth-order valence-corrected chi connectivity index (χ4v) is 2.71. The Morgan fingerprint density at radius 2 is 2.00 bits per heavy atom. The maximum atomic E-state index is 12.5. The Kier molecular flexibility index (Phi) is 5.02. The fourth-order valence-electron chi connectivity index (χ4n) is 2.17. The number of carbonyl (C=O) groups is 2. The van der Waals surface area contributed by atoms with Crippen LogP contribution in [0.2, 0.25) is 0 Å². The van der Waals surface area contributed by atoms with Crippen LogP contribution in [0.4, 0.5) is 5.13 Å². The van der Waals surface area contributed by atoms with Gasteiger partial charge in [-0.25, -0.2) is 4.98 Å². The first kappa shape index (κ1) is 15.9. The number of thiazole rings is 1. The average Bonchev–Trinajstić information content (AvgIpc) is 3.29. The van der Waals surface area contributed by atoms with Gasteiger partial charge in [0.05, 0.1) is 6.26 Å². The van der Waals surface area contributed by atoms with Crippen LogP contribution < -0.4 is 10.6 Å². The minimum Gasteiger partial charge on any atom is -0.459 e. The number of aromatic nitrogens is 1. The van der Waals surface area contributed by atoms with Crippen molar-refractivity contribution in [3.63, 3.8) is 0 Å². The van der Waals surface area contributed by atoms with E-state index in [1.54, 1.807) is 23.7 Å². The highest BCUT2D eigenvalue weighted by molar-refractivity contribution is 7.13.